The lowest BCUT2D eigenvalue weighted by atomic mass is 9.81. The molecule has 1 saturated carbocycles. The van der Waals surface area contributed by atoms with E-state index in [0.29, 0.717) is 57.1 Å². The van der Waals surface area contributed by atoms with Crippen molar-refractivity contribution in [3.05, 3.63) is 102 Å². The van der Waals surface area contributed by atoms with Gasteiger partial charge in [0.25, 0.3) is 11.7 Å². The lowest BCUT2D eigenvalue weighted by molar-refractivity contribution is -0.302. The third-order valence-corrected chi connectivity index (χ3v) is 16.2. The van der Waals surface area contributed by atoms with Gasteiger partial charge in [-0.25, -0.2) is 4.79 Å². The number of piperidine rings is 1. The molecule has 404 valence electrons. The number of ether oxygens (including phenoxy) is 6. The molecule has 1 amide bonds. The van der Waals surface area contributed by atoms with E-state index in [9.17, 15) is 29.4 Å². The minimum Gasteiger partial charge on any atom is -0.488 e. The number of nitrogens with zero attached hydrogens (tertiary/aromatic N) is 2. The predicted octanol–water partition coefficient (Wildman–Crippen LogP) is 9.12. The third-order valence-electron chi connectivity index (χ3n) is 16.2. The van der Waals surface area contributed by atoms with Crippen molar-refractivity contribution in [2.75, 3.05) is 27.4 Å². The van der Waals surface area contributed by atoms with Crippen molar-refractivity contribution in [1.29, 1.82) is 0 Å². The maximum absolute atomic E-state index is 14.7. The standard InChI is InChI=1S/C60H82N2O12/c1-10-17-45-29-37(3)28-38(4)30-53(69-8)56-54(70-9)32-40(6)60(68,74-56)57(65)58(66)62-26-16-15-20-48(62)59(67)73-55(41(7)49(63)35-50(45)64)39(5)31-43-21-24-51(52(33-43)71-11-2)72-46-22-23-47-44(34-46)25-27-61(47)36-42-18-13-12-14-19-42/h10,12-14,18-19,22-23,25,27,29,31,34,38,40-41,43,45,48-49,51-56,63,68H,1,11,15-17,20-21,24,26,28,30,32-33,35-36H2,2-9H3/b37-29+,39-31?. The van der Waals surface area contributed by atoms with E-state index in [2.05, 4.69) is 60.7 Å². The second-order valence-electron chi connectivity index (χ2n) is 21.7. The molecule has 14 heteroatoms. The fourth-order valence-corrected chi connectivity index (χ4v) is 12.0. The molecule has 14 atom stereocenters. The van der Waals surface area contributed by atoms with Crippen LogP contribution in [0.5, 0.6) is 5.75 Å². The molecule has 14 nitrogen and oxygen atoms in total. The minimum absolute atomic E-state index is 0.0000463. The summed E-state index contributed by atoms with van der Waals surface area (Å²) in [4.78, 5) is 59.1. The monoisotopic (exact) mass is 1020 g/mol. The number of allylic oxidation sites excluding steroid dienone is 4. The van der Waals surface area contributed by atoms with Crippen LogP contribution in [0.1, 0.15) is 118 Å². The summed E-state index contributed by atoms with van der Waals surface area (Å²) in [5, 5.41) is 25.3. The Morgan fingerprint density at radius 2 is 1.65 bits per heavy atom. The van der Waals surface area contributed by atoms with Gasteiger partial charge >= 0.3 is 5.97 Å². The minimum atomic E-state index is -2.53. The van der Waals surface area contributed by atoms with Crippen LogP contribution in [0, 0.1) is 29.6 Å². The first-order valence-corrected chi connectivity index (χ1v) is 27.1. The van der Waals surface area contributed by atoms with Gasteiger partial charge < -0.3 is 48.1 Å². The van der Waals surface area contributed by atoms with Crippen LogP contribution in [0.4, 0.5) is 0 Å². The number of amides is 1. The second-order valence-corrected chi connectivity index (χ2v) is 21.7. The number of ketones is 2. The second kappa shape index (κ2) is 25.7. The molecule has 4 heterocycles. The fourth-order valence-electron chi connectivity index (χ4n) is 12.0. The van der Waals surface area contributed by atoms with Crippen molar-refractivity contribution in [2.24, 2.45) is 29.6 Å². The van der Waals surface area contributed by atoms with Crippen molar-refractivity contribution in [2.45, 2.75) is 173 Å². The van der Waals surface area contributed by atoms with Gasteiger partial charge in [-0.3, -0.25) is 14.4 Å². The lowest BCUT2D eigenvalue weighted by Crippen LogP contribution is -2.64. The van der Waals surface area contributed by atoms with Gasteiger partial charge in [-0.05, 0) is 132 Å². The summed E-state index contributed by atoms with van der Waals surface area (Å²) in [5.41, 5.74) is 3.99. The number of methoxy groups -OCH3 is 2. The highest BCUT2D eigenvalue weighted by Gasteiger charge is 2.56. The molecule has 2 bridgehead atoms. The maximum Gasteiger partial charge on any atom is 0.329 e. The van der Waals surface area contributed by atoms with E-state index in [0.717, 1.165) is 35.2 Å². The first kappa shape index (κ1) is 56.8. The van der Waals surface area contributed by atoms with E-state index in [1.807, 2.05) is 51.1 Å². The van der Waals surface area contributed by atoms with Crippen molar-refractivity contribution < 1.29 is 57.8 Å². The molecule has 7 rings (SSSR count). The SMILES string of the molecule is C=CCC1/C=C(\C)CC(C)CC(OC)C2OC(O)(C(=O)C(=O)N3CCCCC3C(=O)OC(C(C)=CC3CCC(Oc4ccc5c(ccn5Cc5ccccc5)c4)C(OCC)C3)C(C)C(O)CC1=O)C(C)CC2OC. The van der Waals surface area contributed by atoms with Gasteiger partial charge in [0, 0.05) is 75.2 Å². The van der Waals surface area contributed by atoms with E-state index < -0.39 is 77.8 Å². The van der Waals surface area contributed by atoms with Crippen LogP contribution in [0.25, 0.3) is 10.9 Å². The number of carbonyl (C=O) groups excluding carboxylic acids is 4. The van der Waals surface area contributed by atoms with Gasteiger partial charge in [-0.2, -0.15) is 0 Å². The summed E-state index contributed by atoms with van der Waals surface area (Å²) in [5.74, 6) is -7.03. The highest BCUT2D eigenvalue weighted by Crippen LogP contribution is 2.40. The van der Waals surface area contributed by atoms with E-state index in [1.54, 1.807) is 19.9 Å². The zero-order chi connectivity index (χ0) is 53.3. The molecule has 2 aromatic carbocycles. The number of Topliss-reactive ketones (excluding diaryl/α,β-unsaturated/α-hetero) is 2. The highest BCUT2D eigenvalue weighted by atomic mass is 16.7. The summed E-state index contributed by atoms with van der Waals surface area (Å²) in [6, 6.07) is 17.5. The number of aliphatic hydroxyl groups excluding tert-OH is 1. The molecule has 4 aliphatic rings. The normalized spacial score (nSPS) is 34.2. The Bertz CT molecular complexity index is 2470. The number of aliphatic hydroxyl groups is 2. The molecule has 3 aromatic rings. The van der Waals surface area contributed by atoms with E-state index in [4.69, 9.17) is 28.4 Å². The average Bonchev–Trinajstić information content (AvgIpc) is 3.78. The van der Waals surface area contributed by atoms with Gasteiger partial charge in [-0.1, -0.05) is 74.9 Å². The first-order chi connectivity index (χ1) is 35.5. The molecule has 2 N–H and O–H groups in total. The number of fused-ring (bicyclic) bond motifs is 4. The molecular formula is C60H82N2O12. The summed E-state index contributed by atoms with van der Waals surface area (Å²) in [7, 11) is 3.07. The van der Waals surface area contributed by atoms with Crippen LogP contribution < -0.4 is 4.74 Å². The Hall–Kier alpha value is -4.96. The van der Waals surface area contributed by atoms with Crippen molar-refractivity contribution in [1.82, 2.24) is 9.47 Å². The Balaban J connectivity index is 1.16. The zero-order valence-electron chi connectivity index (χ0n) is 45.0. The largest absolute Gasteiger partial charge is 0.488 e. The van der Waals surface area contributed by atoms with E-state index in [1.165, 1.54) is 24.7 Å². The van der Waals surface area contributed by atoms with Crippen LogP contribution >= 0.6 is 0 Å². The van der Waals surface area contributed by atoms with Crippen LogP contribution in [0.15, 0.2) is 96.7 Å². The van der Waals surface area contributed by atoms with Crippen LogP contribution in [0.2, 0.25) is 0 Å². The molecule has 1 aliphatic carbocycles. The Morgan fingerprint density at radius 3 is 2.36 bits per heavy atom. The van der Waals surface area contributed by atoms with E-state index >= 15 is 0 Å². The third kappa shape index (κ3) is 13.3. The highest BCUT2D eigenvalue weighted by molar-refractivity contribution is 6.39. The molecular weight excluding hydrogens is 941 g/mol. The predicted molar refractivity (Wildman–Crippen MR) is 283 cm³/mol. The number of esters is 1. The molecule has 74 heavy (non-hydrogen) atoms. The first-order valence-electron chi connectivity index (χ1n) is 27.1. The Kier molecular flexibility index (Phi) is 19.7. The Morgan fingerprint density at radius 1 is 0.905 bits per heavy atom. The number of cyclic esters (lactones) is 1. The number of aromatic nitrogens is 1. The quantitative estimate of drug-likeness (QED) is 0.100. The van der Waals surface area contributed by atoms with E-state index in [-0.39, 0.29) is 55.6 Å². The summed E-state index contributed by atoms with van der Waals surface area (Å²) >= 11 is 0. The number of hydrogen-bond donors (Lipinski definition) is 2. The molecule has 1 aromatic heterocycles. The number of benzene rings is 2. The van der Waals surface area contributed by atoms with Gasteiger partial charge in [-0.15, -0.1) is 6.58 Å². The zero-order valence-corrected chi connectivity index (χ0v) is 45.0. The molecule has 2 saturated heterocycles. The van der Waals surface area contributed by atoms with Gasteiger partial charge in [0.1, 0.15) is 35.9 Å². The Labute approximate surface area is 438 Å². The molecule has 3 fully saturated rings. The summed E-state index contributed by atoms with van der Waals surface area (Å²) in [6.45, 7) is 16.5. The fraction of sp³-hybridized carbons (Fsp3) is 0.600. The summed E-state index contributed by atoms with van der Waals surface area (Å²) in [6.07, 6.45) is 7.90. The number of rotatable bonds is 12. The maximum atomic E-state index is 14.7. The van der Waals surface area contributed by atoms with Crippen LogP contribution in [-0.4, -0.2) is 125 Å². The summed E-state index contributed by atoms with van der Waals surface area (Å²) < 4.78 is 39.9. The number of hydrogen-bond acceptors (Lipinski definition) is 12. The van der Waals surface area contributed by atoms with Gasteiger partial charge in [0.05, 0.1) is 24.4 Å². The van der Waals surface area contributed by atoms with Crippen molar-refractivity contribution in [3.63, 3.8) is 0 Å². The molecule has 3 aliphatic heterocycles. The van der Waals surface area contributed by atoms with Gasteiger partial charge in [0.15, 0.2) is 0 Å². The molecule has 0 spiro atoms. The number of carbonyl (C=O) groups is 4. The van der Waals surface area contributed by atoms with Crippen molar-refractivity contribution >= 4 is 34.3 Å². The topological polar surface area (TPSA) is 172 Å². The molecule has 0 radical (unpaired) electrons. The van der Waals surface area contributed by atoms with Crippen LogP contribution in [-0.2, 0) is 49.4 Å². The molecule has 14 unspecified atom stereocenters. The van der Waals surface area contributed by atoms with Gasteiger partial charge in [0.2, 0.25) is 5.79 Å². The van der Waals surface area contributed by atoms with Crippen LogP contribution in [0.3, 0.4) is 0 Å². The van der Waals surface area contributed by atoms with Crippen molar-refractivity contribution in [3.8, 4) is 5.75 Å². The average molecular weight is 1020 g/mol. The smallest absolute Gasteiger partial charge is 0.329 e. The lowest BCUT2D eigenvalue weighted by Gasteiger charge is -2.47.